The highest BCUT2D eigenvalue weighted by Crippen LogP contribution is 2.13. The third kappa shape index (κ3) is 19.4. The van der Waals surface area contributed by atoms with E-state index in [0.717, 1.165) is 0 Å². The molecule has 16 N–H and O–H groups in total. The highest BCUT2D eigenvalue weighted by atomic mass is 32.1. The number of nitrogens with two attached hydrogens (primary N) is 2. The molecule has 374 valence electrons. The predicted molar refractivity (Wildman–Crippen MR) is 247 cm³/mol. The zero-order valence-electron chi connectivity index (χ0n) is 38.3. The van der Waals surface area contributed by atoms with Crippen molar-refractivity contribution >= 4 is 78.5 Å². The van der Waals surface area contributed by atoms with E-state index >= 15 is 0 Å². The van der Waals surface area contributed by atoms with Gasteiger partial charge in [-0.3, -0.25) is 38.4 Å². The standard InChI is InChI=1S/C40H70N12O12S2/c1-8-19(4)29(37(60)45-20(5)32(55)48-27(16-66)40(63)64)50-36(59)28(18(2)3)49-35(58)26(13-23-14-43-17-44-23)47-34(57)25(11-9-10-12-41)46-38(61)30(21(6)53)52-39(62)31(22(7)54)51-33(56)24(42)15-65/h14,17-22,24-31,53-54,65-66H,8-13,15-16,41-42H2,1-7H3,(H,43,44)(H,45,60)(H,46,61)(H,47,57)(H,48,55)(H,49,58)(H,50,59)(H,51,56)(H,52,62)(H,63,64)/t19-,20-,21+,22+,24-,25-,26-,27-,28-,29-,30-,31-/m0/s1. The molecule has 1 heterocycles. The summed E-state index contributed by atoms with van der Waals surface area (Å²) < 4.78 is 0. The van der Waals surface area contributed by atoms with Gasteiger partial charge in [-0.05, 0) is 58.4 Å². The summed E-state index contributed by atoms with van der Waals surface area (Å²) in [5, 5.41) is 49.9. The van der Waals surface area contributed by atoms with E-state index in [1.807, 2.05) is 0 Å². The van der Waals surface area contributed by atoms with Crippen LogP contribution in [-0.4, -0.2) is 163 Å². The lowest BCUT2D eigenvalue weighted by Crippen LogP contribution is -2.63. The summed E-state index contributed by atoms with van der Waals surface area (Å²) in [7, 11) is 0. The fourth-order valence-electron chi connectivity index (χ4n) is 6.10. The molecule has 24 nitrogen and oxygen atoms in total. The molecule has 1 rings (SSSR count). The number of aliphatic hydroxyl groups excluding tert-OH is 2. The molecule has 12 atom stereocenters. The van der Waals surface area contributed by atoms with Gasteiger partial charge in [0.15, 0.2) is 0 Å². The lowest BCUT2D eigenvalue weighted by Gasteiger charge is -2.30. The molecule has 8 amide bonds. The number of carboxylic acid groups (broad SMARTS) is 1. The topological polar surface area (TPSA) is 391 Å². The fourth-order valence-corrected chi connectivity index (χ4v) is 6.52. The number of carbonyl (C=O) groups is 9. The quantitative estimate of drug-likeness (QED) is 0.0256. The maximum absolute atomic E-state index is 14.1. The van der Waals surface area contributed by atoms with Crippen LogP contribution < -0.4 is 54.0 Å². The van der Waals surface area contributed by atoms with Gasteiger partial charge in [0.1, 0.15) is 48.3 Å². The molecule has 0 aliphatic carbocycles. The van der Waals surface area contributed by atoms with E-state index < -0.39 is 132 Å². The Morgan fingerprint density at radius 2 is 1.12 bits per heavy atom. The SMILES string of the molecule is CC[C@H](C)[C@H](NC(=O)[C@@H](NC(=O)[C@H](Cc1cnc[nH]1)NC(=O)[C@H](CCCCN)NC(=O)[C@@H](NC(=O)[C@@H](NC(=O)[C@@H](N)CS)[C@@H](C)O)[C@@H](C)O)C(C)C)C(=O)N[C@@H](C)C(=O)N[C@@H](CS)C(=O)O. The second-order valence-corrected chi connectivity index (χ2v) is 17.1. The Balaban J connectivity index is 3.41. The van der Waals surface area contributed by atoms with E-state index in [-0.39, 0.29) is 30.9 Å². The first-order valence-corrected chi connectivity index (χ1v) is 22.9. The molecule has 1 aromatic heterocycles. The third-order valence-corrected chi connectivity index (χ3v) is 11.2. The van der Waals surface area contributed by atoms with Gasteiger partial charge >= 0.3 is 5.97 Å². The molecule has 0 saturated carbocycles. The number of aromatic amines is 1. The van der Waals surface area contributed by atoms with Crippen LogP contribution in [0.15, 0.2) is 12.5 Å². The van der Waals surface area contributed by atoms with E-state index in [9.17, 15) is 58.5 Å². The first-order valence-electron chi connectivity index (χ1n) is 21.6. The molecule has 0 aliphatic heterocycles. The van der Waals surface area contributed by atoms with Gasteiger partial charge in [-0.2, -0.15) is 25.3 Å². The van der Waals surface area contributed by atoms with Crippen molar-refractivity contribution in [3.63, 3.8) is 0 Å². The van der Waals surface area contributed by atoms with Crippen molar-refractivity contribution in [3.8, 4) is 0 Å². The number of carboxylic acids is 1. The van der Waals surface area contributed by atoms with E-state index in [4.69, 9.17) is 11.5 Å². The van der Waals surface area contributed by atoms with Crippen molar-refractivity contribution in [1.29, 1.82) is 0 Å². The Morgan fingerprint density at radius 1 is 0.636 bits per heavy atom. The van der Waals surface area contributed by atoms with Gasteiger partial charge in [0.05, 0.1) is 24.6 Å². The minimum Gasteiger partial charge on any atom is -0.480 e. The second-order valence-electron chi connectivity index (χ2n) is 16.3. The number of thiol groups is 2. The van der Waals surface area contributed by atoms with Crippen molar-refractivity contribution < 1.29 is 58.5 Å². The number of aliphatic carboxylic acids is 1. The van der Waals surface area contributed by atoms with Gasteiger partial charge in [0.25, 0.3) is 0 Å². The molecule has 0 unspecified atom stereocenters. The fraction of sp³-hybridized carbons (Fsp3) is 0.700. The number of hydrogen-bond donors (Lipinski definition) is 16. The van der Waals surface area contributed by atoms with Gasteiger partial charge in [-0.25, -0.2) is 9.78 Å². The summed E-state index contributed by atoms with van der Waals surface area (Å²) in [5.41, 5.74) is 11.8. The maximum Gasteiger partial charge on any atom is 0.327 e. The van der Waals surface area contributed by atoms with E-state index in [0.29, 0.717) is 25.0 Å². The molecule has 1 aromatic rings. The number of unbranched alkanes of at least 4 members (excludes halogenated alkanes) is 1. The molecule has 0 aromatic carbocycles. The Labute approximate surface area is 395 Å². The van der Waals surface area contributed by atoms with Crippen LogP contribution in [0.1, 0.15) is 79.8 Å². The molecule has 0 bridgehead atoms. The number of hydrogen-bond acceptors (Lipinski definition) is 16. The van der Waals surface area contributed by atoms with Crippen LogP contribution in [0.2, 0.25) is 0 Å². The van der Waals surface area contributed by atoms with Gasteiger partial charge in [-0.1, -0.05) is 34.1 Å². The summed E-state index contributed by atoms with van der Waals surface area (Å²) in [5.74, 6) is -9.61. The second kappa shape index (κ2) is 29.6. The summed E-state index contributed by atoms with van der Waals surface area (Å²) in [4.78, 5) is 126. The third-order valence-electron chi connectivity index (χ3n) is 10.4. The van der Waals surface area contributed by atoms with Crippen LogP contribution in [0.25, 0.3) is 0 Å². The van der Waals surface area contributed by atoms with Crippen LogP contribution in [0, 0.1) is 11.8 Å². The van der Waals surface area contributed by atoms with E-state index in [1.54, 1.807) is 27.7 Å². The van der Waals surface area contributed by atoms with Crippen LogP contribution in [0.4, 0.5) is 0 Å². The first kappa shape index (κ1) is 59.0. The Hall–Kier alpha value is -5.02. The summed E-state index contributed by atoms with van der Waals surface area (Å²) in [6.07, 6.45) is 0.640. The van der Waals surface area contributed by atoms with Gasteiger partial charge in [0, 0.05) is 29.8 Å². The normalized spacial score (nSPS) is 16.8. The zero-order chi connectivity index (χ0) is 50.4. The number of rotatable bonds is 30. The van der Waals surface area contributed by atoms with Crippen molar-refractivity contribution in [2.24, 2.45) is 23.3 Å². The number of nitrogens with one attached hydrogen (secondary N) is 9. The zero-order valence-corrected chi connectivity index (χ0v) is 40.1. The van der Waals surface area contributed by atoms with Crippen molar-refractivity contribution in [2.45, 2.75) is 147 Å². The highest BCUT2D eigenvalue weighted by molar-refractivity contribution is 7.80. The molecule has 26 heteroatoms. The minimum atomic E-state index is -1.71. The molecular weight excluding hydrogens is 905 g/mol. The molecule has 66 heavy (non-hydrogen) atoms. The van der Waals surface area contributed by atoms with Crippen LogP contribution >= 0.6 is 25.3 Å². The van der Waals surface area contributed by atoms with Crippen molar-refractivity contribution in [1.82, 2.24) is 52.5 Å². The van der Waals surface area contributed by atoms with Gasteiger partial charge < -0.3 is 74.3 Å². The summed E-state index contributed by atoms with van der Waals surface area (Å²) in [6, 6.07) is -12.2. The molecule has 0 aliphatic rings. The number of aliphatic hydroxyl groups is 2. The maximum atomic E-state index is 14.1. The van der Waals surface area contributed by atoms with E-state index in [1.165, 1.54) is 33.3 Å². The average Bonchev–Trinajstić information content (AvgIpc) is 3.78. The first-order chi connectivity index (χ1) is 30.9. The molecule has 0 fully saturated rings. The molecule has 0 saturated heterocycles. The smallest absolute Gasteiger partial charge is 0.327 e. The Morgan fingerprint density at radius 3 is 1.61 bits per heavy atom. The monoisotopic (exact) mass is 974 g/mol. The highest BCUT2D eigenvalue weighted by Gasteiger charge is 2.37. The Bertz CT molecular complexity index is 1770. The number of nitrogens with zero attached hydrogens (tertiary/aromatic N) is 1. The van der Waals surface area contributed by atoms with Crippen LogP contribution in [0.5, 0.6) is 0 Å². The number of imidazole rings is 1. The van der Waals surface area contributed by atoms with Crippen molar-refractivity contribution in [3.05, 3.63) is 18.2 Å². The molecule has 0 spiro atoms. The van der Waals surface area contributed by atoms with Crippen LogP contribution in [0.3, 0.4) is 0 Å². The Kier molecular flexibility index (Phi) is 26.4. The van der Waals surface area contributed by atoms with E-state index in [2.05, 4.69) is 77.8 Å². The number of H-pyrrole nitrogens is 1. The predicted octanol–water partition coefficient (Wildman–Crippen LogP) is -4.29. The number of amides is 8. The number of aromatic nitrogens is 2. The lowest BCUT2D eigenvalue weighted by atomic mass is 9.96. The van der Waals surface area contributed by atoms with Crippen molar-refractivity contribution in [2.75, 3.05) is 18.1 Å². The van der Waals surface area contributed by atoms with Gasteiger partial charge in [-0.15, -0.1) is 0 Å². The molecular formula is C40H70N12O12S2. The largest absolute Gasteiger partial charge is 0.480 e. The summed E-state index contributed by atoms with van der Waals surface area (Å²) in [6.45, 7) is 10.7. The van der Waals surface area contributed by atoms with Gasteiger partial charge in [0.2, 0.25) is 47.3 Å². The van der Waals surface area contributed by atoms with Crippen LogP contribution in [-0.2, 0) is 49.6 Å². The molecule has 0 radical (unpaired) electrons. The summed E-state index contributed by atoms with van der Waals surface area (Å²) >= 11 is 7.88. The number of carbonyl (C=O) groups excluding carboxylic acids is 8. The average molecular weight is 975 g/mol. The lowest BCUT2D eigenvalue weighted by molar-refractivity contribution is -0.141. The minimum absolute atomic E-state index is 0.0205.